The summed E-state index contributed by atoms with van der Waals surface area (Å²) in [7, 11) is 0. The Bertz CT molecular complexity index is 241. The van der Waals surface area contributed by atoms with Gasteiger partial charge in [0.1, 0.15) is 6.04 Å². The van der Waals surface area contributed by atoms with Gasteiger partial charge in [-0.05, 0) is 13.3 Å². The minimum Gasteiger partial charge on any atom is -0.465 e. The van der Waals surface area contributed by atoms with E-state index in [2.05, 4.69) is 10.2 Å². The molecule has 0 spiro atoms. The Morgan fingerprint density at radius 3 is 2.37 bits per heavy atom. The van der Waals surface area contributed by atoms with Crippen LogP contribution in [-0.4, -0.2) is 61.0 Å². The zero-order valence-electron chi connectivity index (χ0n) is 10.9. The van der Waals surface area contributed by atoms with Gasteiger partial charge in [0.05, 0.1) is 6.61 Å². The van der Waals surface area contributed by atoms with Crippen LogP contribution in [0.5, 0.6) is 0 Å². The van der Waals surface area contributed by atoms with Gasteiger partial charge in [-0.2, -0.15) is 0 Å². The maximum absolute atomic E-state index is 11.6. The van der Waals surface area contributed by atoms with Crippen LogP contribution in [0.1, 0.15) is 13.3 Å². The number of carbonyl (C=O) groups is 1. The maximum atomic E-state index is 11.6. The molecule has 0 aromatic carbocycles. The number of hydrogen-bond acceptors (Lipinski definition) is 4. The Morgan fingerprint density at radius 1 is 1.32 bits per heavy atom. The zero-order chi connectivity index (χ0) is 12.7. The van der Waals surface area contributed by atoms with Gasteiger partial charge in [0, 0.05) is 37.4 Å². The third-order valence-corrected chi connectivity index (χ3v) is 3.28. The highest BCUT2D eigenvalue weighted by Crippen LogP contribution is 2.15. The molecule has 19 heavy (non-hydrogen) atoms. The fraction of sp³-hybridized carbons (Fsp3) is 0.909. The third-order valence-electron chi connectivity index (χ3n) is 2.94. The Hall–Kier alpha value is 0.550. The summed E-state index contributed by atoms with van der Waals surface area (Å²) >= 11 is 11.5. The van der Waals surface area contributed by atoms with Crippen molar-refractivity contribution in [1.82, 2.24) is 10.2 Å². The summed E-state index contributed by atoms with van der Waals surface area (Å²) in [5.41, 5.74) is 0. The van der Waals surface area contributed by atoms with Crippen molar-refractivity contribution in [3.05, 3.63) is 0 Å². The Balaban J connectivity index is 0. The van der Waals surface area contributed by atoms with Gasteiger partial charge >= 0.3 is 5.97 Å². The van der Waals surface area contributed by atoms with Crippen molar-refractivity contribution in [2.75, 3.05) is 38.0 Å². The van der Waals surface area contributed by atoms with E-state index in [1.165, 1.54) is 0 Å². The van der Waals surface area contributed by atoms with E-state index in [0.717, 1.165) is 26.1 Å². The molecule has 1 aliphatic rings. The summed E-state index contributed by atoms with van der Waals surface area (Å²) in [5, 5.41) is 3.19. The quantitative estimate of drug-likeness (QED) is 0.559. The first-order valence-electron chi connectivity index (χ1n) is 5.98. The Labute approximate surface area is 137 Å². The van der Waals surface area contributed by atoms with Gasteiger partial charge in [0.25, 0.3) is 0 Å². The van der Waals surface area contributed by atoms with Crippen molar-refractivity contribution in [3.8, 4) is 0 Å². The molecule has 0 radical (unpaired) electrons. The van der Waals surface area contributed by atoms with Gasteiger partial charge in [-0.3, -0.25) is 9.69 Å². The molecule has 1 aliphatic heterocycles. The third kappa shape index (κ3) is 7.21. The molecule has 0 aromatic heterocycles. The van der Waals surface area contributed by atoms with E-state index in [9.17, 15) is 4.79 Å². The largest absolute Gasteiger partial charge is 0.465 e. The molecule has 4 nitrogen and oxygen atoms in total. The van der Waals surface area contributed by atoms with Gasteiger partial charge in [-0.25, -0.2) is 0 Å². The summed E-state index contributed by atoms with van der Waals surface area (Å²) in [6.07, 6.45) is 0.770. The van der Waals surface area contributed by atoms with Crippen LogP contribution >= 0.6 is 48.0 Å². The molecule has 0 saturated carbocycles. The molecule has 8 heteroatoms. The van der Waals surface area contributed by atoms with Crippen molar-refractivity contribution >= 4 is 54.0 Å². The van der Waals surface area contributed by atoms with Gasteiger partial charge in [0.15, 0.2) is 0 Å². The lowest BCUT2D eigenvalue weighted by atomic mass is 10.1. The second-order valence-electron chi connectivity index (χ2n) is 4.02. The molecule has 0 aliphatic carbocycles. The summed E-state index contributed by atoms with van der Waals surface area (Å²) < 4.78 is 5.00. The molecule has 2 atom stereocenters. The van der Waals surface area contributed by atoms with Gasteiger partial charge in [-0.1, -0.05) is 0 Å². The molecule has 1 N–H and O–H groups in total. The number of nitrogens with zero attached hydrogens (tertiary/aromatic N) is 1. The molecule has 1 rings (SSSR count). The highest BCUT2D eigenvalue weighted by molar-refractivity contribution is 6.18. The molecule has 116 valence electrons. The number of hydrogen-bond donors (Lipinski definition) is 1. The number of halogens is 4. The summed E-state index contributed by atoms with van der Waals surface area (Å²) in [5.74, 6) is 1.00. The van der Waals surface area contributed by atoms with Crippen molar-refractivity contribution in [2.24, 2.45) is 0 Å². The highest BCUT2D eigenvalue weighted by Gasteiger charge is 2.33. The number of alkyl halides is 2. The fourth-order valence-electron chi connectivity index (χ4n) is 2.11. The number of carbonyl (C=O) groups excluding carboxylic acids is 1. The van der Waals surface area contributed by atoms with E-state index in [-0.39, 0.29) is 36.8 Å². The van der Waals surface area contributed by atoms with Crippen LogP contribution in [0, 0.1) is 0 Å². The molecular weight excluding hydrogens is 334 g/mol. The molecule has 0 aromatic rings. The van der Waals surface area contributed by atoms with E-state index < -0.39 is 0 Å². The van der Waals surface area contributed by atoms with Crippen LogP contribution in [0.15, 0.2) is 0 Å². The summed E-state index contributed by atoms with van der Waals surface area (Å²) in [6, 6.07) is 0.134. The summed E-state index contributed by atoms with van der Waals surface area (Å²) in [6.45, 7) is 4.63. The molecule has 1 heterocycles. The monoisotopic (exact) mass is 354 g/mol. The fourth-order valence-corrected chi connectivity index (χ4v) is 2.55. The molecule has 0 bridgehead atoms. The van der Waals surface area contributed by atoms with E-state index in [1.54, 1.807) is 0 Å². The highest BCUT2D eigenvalue weighted by atomic mass is 35.5. The van der Waals surface area contributed by atoms with E-state index in [4.69, 9.17) is 27.9 Å². The van der Waals surface area contributed by atoms with Gasteiger partial charge < -0.3 is 10.1 Å². The number of ether oxygens (including phenoxy) is 1. The first kappa shape index (κ1) is 21.8. The van der Waals surface area contributed by atoms with Gasteiger partial charge in [-0.15, -0.1) is 48.0 Å². The van der Waals surface area contributed by atoms with E-state index in [1.807, 2.05) is 6.92 Å². The number of rotatable bonds is 7. The smallest absolute Gasteiger partial charge is 0.323 e. The topological polar surface area (TPSA) is 41.6 Å². The number of nitrogens with one attached hydrogen (secondary N) is 1. The van der Waals surface area contributed by atoms with Crippen LogP contribution in [0.25, 0.3) is 0 Å². The van der Waals surface area contributed by atoms with Crippen molar-refractivity contribution in [2.45, 2.75) is 25.4 Å². The first-order valence-corrected chi connectivity index (χ1v) is 7.05. The van der Waals surface area contributed by atoms with Crippen molar-refractivity contribution < 1.29 is 9.53 Å². The SMILES string of the molecule is CCOC(=O)[C@@H]1CC(N(CCCl)CCCl)CN1.Cl.Cl. The number of esters is 1. The van der Waals surface area contributed by atoms with Crippen LogP contribution in [0.4, 0.5) is 0 Å². The standard InChI is InChI=1S/C11H20Cl2N2O2.2ClH/c1-2-17-11(16)10-7-9(8-14-10)15(5-3-12)6-4-13;;/h9-10,14H,2-8H2,1H3;2*1H/t9?,10-;;/m0../s1. The lowest BCUT2D eigenvalue weighted by molar-refractivity contribution is -0.145. The van der Waals surface area contributed by atoms with Crippen LogP contribution in [0.3, 0.4) is 0 Å². The first-order chi connectivity index (χ1) is 8.22. The maximum Gasteiger partial charge on any atom is 0.323 e. The average molecular weight is 356 g/mol. The van der Waals surface area contributed by atoms with Gasteiger partial charge in [0.2, 0.25) is 0 Å². The van der Waals surface area contributed by atoms with Crippen LogP contribution in [0.2, 0.25) is 0 Å². The van der Waals surface area contributed by atoms with E-state index >= 15 is 0 Å². The minimum atomic E-state index is -0.187. The molecule has 1 unspecified atom stereocenters. The minimum absolute atomic E-state index is 0. The molecule has 1 saturated heterocycles. The van der Waals surface area contributed by atoms with Crippen molar-refractivity contribution in [1.29, 1.82) is 0 Å². The van der Waals surface area contributed by atoms with Crippen molar-refractivity contribution in [3.63, 3.8) is 0 Å². The molecule has 0 amide bonds. The zero-order valence-corrected chi connectivity index (χ0v) is 14.1. The van der Waals surface area contributed by atoms with E-state index in [0.29, 0.717) is 24.4 Å². The molecular formula is C11H22Cl4N2O2. The van der Waals surface area contributed by atoms with Crippen LogP contribution in [-0.2, 0) is 9.53 Å². The summed E-state index contributed by atoms with van der Waals surface area (Å²) in [4.78, 5) is 13.8. The predicted octanol–water partition coefficient (Wildman–Crippen LogP) is 1.90. The Morgan fingerprint density at radius 2 is 1.89 bits per heavy atom. The Kier molecular flexibility index (Phi) is 14.1. The lowest BCUT2D eigenvalue weighted by Crippen LogP contribution is -2.39. The second kappa shape index (κ2) is 12.3. The predicted molar refractivity (Wildman–Crippen MR) is 84.3 cm³/mol. The second-order valence-corrected chi connectivity index (χ2v) is 4.77. The van der Waals surface area contributed by atoms with Crippen LogP contribution < -0.4 is 5.32 Å². The molecule has 1 fully saturated rings. The normalized spacial score (nSPS) is 21.7. The lowest BCUT2D eigenvalue weighted by Gasteiger charge is -2.26. The average Bonchev–Trinajstić information content (AvgIpc) is 2.78.